The van der Waals surface area contributed by atoms with E-state index in [1.807, 2.05) is 18.5 Å². The van der Waals surface area contributed by atoms with E-state index in [0.717, 1.165) is 50.2 Å². The fourth-order valence-corrected chi connectivity index (χ4v) is 4.53. The van der Waals surface area contributed by atoms with Crippen LogP contribution in [0.25, 0.3) is 0 Å². The summed E-state index contributed by atoms with van der Waals surface area (Å²) in [4.78, 5) is 9.71. The number of para-hydroxylation sites is 1. The first kappa shape index (κ1) is 23.8. The van der Waals surface area contributed by atoms with Gasteiger partial charge in [0.1, 0.15) is 12.4 Å². The first-order chi connectivity index (χ1) is 14.6. The van der Waals surface area contributed by atoms with Gasteiger partial charge in [0.2, 0.25) is 0 Å². The molecule has 1 aromatic heterocycles. The highest BCUT2D eigenvalue weighted by molar-refractivity contribution is 14.0. The van der Waals surface area contributed by atoms with Gasteiger partial charge in [0.05, 0.1) is 0 Å². The minimum absolute atomic E-state index is 0. The lowest BCUT2D eigenvalue weighted by atomic mass is 9.68. The van der Waals surface area contributed by atoms with Gasteiger partial charge in [-0.3, -0.25) is 0 Å². The predicted octanol–water partition coefficient (Wildman–Crippen LogP) is 3.59. The Kier molecular flexibility index (Phi) is 8.18. The number of aliphatic imine (C=N–C) groups is 1. The van der Waals surface area contributed by atoms with Gasteiger partial charge in [-0.2, -0.15) is 0 Å². The molecule has 1 aliphatic carbocycles. The standard InChI is InChI=1S/C23H35N7.HI/c1-19-26-27-21(29(19)3)17-25-22(30-16-13-23(18-30)11-7-12-23)24-14-8-15-28(2)20-9-5-4-6-10-20;/h4-6,9-10H,7-8,11-18H2,1-3H3,(H,24,25);1H. The number of rotatable bonds is 7. The van der Waals surface area contributed by atoms with E-state index in [-0.39, 0.29) is 24.0 Å². The molecule has 7 nitrogen and oxygen atoms in total. The normalized spacial score (nSPS) is 17.4. The number of benzene rings is 1. The van der Waals surface area contributed by atoms with Gasteiger partial charge in [-0.15, -0.1) is 34.2 Å². The Morgan fingerprint density at radius 2 is 1.97 bits per heavy atom. The van der Waals surface area contributed by atoms with Gasteiger partial charge in [0, 0.05) is 46.0 Å². The predicted molar refractivity (Wildman–Crippen MR) is 137 cm³/mol. The Bertz CT molecular complexity index is 860. The van der Waals surface area contributed by atoms with Crippen molar-refractivity contribution in [3.63, 3.8) is 0 Å². The molecule has 1 spiro atoms. The Morgan fingerprint density at radius 1 is 1.19 bits per heavy atom. The molecular weight excluding hydrogens is 501 g/mol. The minimum Gasteiger partial charge on any atom is -0.375 e. The van der Waals surface area contributed by atoms with Crippen molar-refractivity contribution in [2.24, 2.45) is 17.5 Å². The first-order valence-electron chi connectivity index (χ1n) is 11.2. The quantitative estimate of drug-likeness (QED) is 0.253. The SMILES string of the molecule is Cc1nnc(CN=C(NCCCN(C)c2ccccc2)N2CCC3(CCC3)C2)n1C.I. The summed E-state index contributed by atoms with van der Waals surface area (Å²) in [5.74, 6) is 2.86. The molecular formula is C23H36IN7. The average Bonchev–Trinajstić information content (AvgIpc) is 3.33. The maximum atomic E-state index is 4.94. The third kappa shape index (κ3) is 5.70. The monoisotopic (exact) mass is 537 g/mol. The largest absolute Gasteiger partial charge is 0.375 e. The highest BCUT2D eigenvalue weighted by atomic mass is 127. The summed E-state index contributed by atoms with van der Waals surface area (Å²) in [6, 6.07) is 10.6. The number of hydrogen-bond donors (Lipinski definition) is 1. The molecule has 0 amide bonds. The second-order valence-electron chi connectivity index (χ2n) is 8.92. The number of nitrogens with one attached hydrogen (secondary N) is 1. The number of aryl methyl sites for hydroxylation is 1. The van der Waals surface area contributed by atoms with E-state index in [1.54, 1.807) is 0 Å². The van der Waals surface area contributed by atoms with Crippen LogP contribution in [-0.4, -0.2) is 58.9 Å². The number of aromatic nitrogens is 3. The van der Waals surface area contributed by atoms with Gasteiger partial charge in [-0.25, -0.2) is 4.99 Å². The third-order valence-corrected chi connectivity index (χ3v) is 6.86. The molecule has 0 radical (unpaired) electrons. The van der Waals surface area contributed by atoms with Crippen LogP contribution in [0.15, 0.2) is 35.3 Å². The fraction of sp³-hybridized carbons (Fsp3) is 0.609. The van der Waals surface area contributed by atoms with Crippen LogP contribution in [0.3, 0.4) is 0 Å². The molecule has 31 heavy (non-hydrogen) atoms. The van der Waals surface area contributed by atoms with E-state index >= 15 is 0 Å². The molecule has 2 heterocycles. The summed E-state index contributed by atoms with van der Waals surface area (Å²) in [6.45, 7) is 6.71. The van der Waals surface area contributed by atoms with Gasteiger partial charge in [0.15, 0.2) is 11.8 Å². The van der Waals surface area contributed by atoms with Crippen molar-refractivity contribution in [3.8, 4) is 0 Å². The van der Waals surface area contributed by atoms with E-state index in [0.29, 0.717) is 12.0 Å². The molecule has 8 heteroatoms. The van der Waals surface area contributed by atoms with Crippen LogP contribution in [0.5, 0.6) is 0 Å². The van der Waals surface area contributed by atoms with Crippen molar-refractivity contribution in [2.45, 2.75) is 45.6 Å². The van der Waals surface area contributed by atoms with Gasteiger partial charge >= 0.3 is 0 Å². The number of nitrogens with zero attached hydrogens (tertiary/aromatic N) is 6. The average molecular weight is 537 g/mol. The lowest BCUT2D eigenvalue weighted by Crippen LogP contribution is -2.43. The van der Waals surface area contributed by atoms with Crippen molar-refractivity contribution < 1.29 is 0 Å². The van der Waals surface area contributed by atoms with Crippen molar-refractivity contribution in [2.75, 3.05) is 38.1 Å². The lowest BCUT2D eigenvalue weighted by Gasteiger charge is -2.38. The second-order valence-corrected chi connectivity index (χ2v) is 8.92. The molecule has 1 saturated carbocycles. The van der Waals surface area contributed by atoms with E-state index in [9.17, 15) is 0 Å². The maximum absolute atomic E-state index is 4.94. The molecule has 0 atom stereocenters. The van der Waals surface area contributed by atoms with Crippen LogP contribution in [0.2, 0.25) is 0 Å². The molecule has 170 valence electrons. The molecule has 2 aromatic rings. The summed E-state index contributed by atoms with van der Waals surface area (Å²) in [7, 11) is 4.16. The molecule has 0 unspecified atom stereocenters. The first-order valence-corrected chi connectivity index (χ1v) is 11.2. The molecule has 1 aromatic carbocycles. The molecule has 2 fully saturated rings. The number of hydrogen-bond acceptors (Lipinski definition) is 4. The zero-order chi connectivity index (χ0) is 21.0. The van der Waals surface area contributed by atoms with Gasteiger partial charge < -0.3 is 19.7 Å². The van der Waals surface area contributed by atoms with Crippen LogP contribution in [0.1, 0.15) is 43.8 Å². The second kappa shape index (κ2) is 10.7. The molecule has 1 aliphatic heterocycles. The summed E-state index contributed by atoms with van der Waals surface area (Å²) in [5, 5.41) is 12.1. The highest BCUT2D eigenvalue weighted by Crippen LogP contribution is 2.47. The fourth-order valence-electron chi connectivity index (χ4n) is 4.53. The van der Waals surface area contributed by atoms with Crippen molar-refractivity contribution in [1.82, 2.24) is 25.0 Å². The minimum atomic E-state index is 0. The highest BCUT2D eigenvalue weighted by Gasteiger charge is 2.43. The van der Waals surface area contributed by atoms with Crippen LogP contribution < -0.4 is 10.2 Å². The van der Waals surface area contributed by atoms with E-state index in [2.05, 4.69) is 62.7 Å². The summed E-state index contributed by atoms with van der Waals surface area (Å²) in [5.41, 5.74) is 1.81. The van der Waals surface area contributed by atoms with E-state index < -0.39 is 0 Å². The molecule has 1 N–H and O–H groups in total. The van der Waals surface area contributed by atoms with Crippen LogP contribution in [0, 0.1) is 12.3 Å². The van der Waals surface area contributed by atoms with Crippen LogP contribution >= 0.6 is 24.0 Å². The van der Waals surface area contributed by atoms with Gasteiger partial charge in [0.25, 0.3) is 0 Å². The molecule has 1 saturated heterocycles. The Morgan fingerprint density at radius 3 is 2.58 bits per heavy atom. The zero-order valence-electron chi connectivity index (χ0n) is 19.0. The summed E-state index contributed by atoms with van der Waals surface area (Å²) < 4.78 is 2.02. The van der Waals surface area contributed by atoms with E-state index in [4.69, 9.17) is 4.99 Å². The zero-order valence-corrected chi connectivity index (χ0v) is 21.4. The smallest absolute Gasteiger partial charge is 0.194 e. The van der Waals surface area contributed by atoms with E-state index in [1.165, 1.54) is 31.4 Å². The van der Waals surface area contributed by atoms with Gasteiger partial charge in [-0.05, 0) is 50.2 Å². The van der Waals surface area contributed by atoms with Gasteiger partial charge in [-0.1, -0.05) is 24.6 Å². The number of likely N-dealkylation sites (tertiary alicyclic amines) is 1. The summed E-state index contributed by atoms with van der Waals surface area (Å²) in [6.07, 6.45) is 6.50. The maximum Gasteiger partial charge on any atom is 0.194 e. The van der Waals surface area contributed by atoms with Crippen molar-refractivity contribution >= 4 is 35.6 Å². The third-order valence-electron chi connectivity index (χ3n) is 6.86. The molecule has 4 rings (SSSR count). The Balaban J connectivity index is 0.00000272. The molecule has 0 bridgehead atoms. The summed E-state index contributed by atoms with van der Waals surface area (Å²) >= 11 is 0. The van der Waals surface area contributed by atoms with Crippen LogP contribution in [-0.2, 0) is 13.6 Å². The molecule has 2 aliphatic rings. The topological polar surface area (TPSA) is 61.6 Å². The Labute approximate surface area is 203 Å². The van der Waals surface area contributed by atoms with Crippen molar-refractivity contribution in [3.05, 3.63) is 42.0 Å². The Hall–Kier alpha value is -1.84. The lowest BCUT2D eigenvalue weighted by molar-refractivity contribution is 0.151. The number of anilines is 1. The van der Waals surface area contributed by atoms with Crippen molar-refractivity contribution in [1.29, 1.82) is 0 Å². The number of halogens is 1. The number of guanidine groups is 1. The van der Waals surface area contributed by atoms with Crippen LogP contribution in [0.4, 0.5) is 5.69 Å².